The smallest absolute Gasteiger partial charge is 0.408 e. The molecule has 0 unspecified atom stereocenters. The summed E-state index contributed by atoms with van der Waals surface area (Å²) in [6.07, 6.45) is -1.03. The molecule has 156 valence electrons. The van der Waals surface area contributed by atoms with Crippen molar-refractivity contribution in [1.29, 1.82) is 0 Å². The van der Waals surface area contributed by atoms with Gasteiger partial charge in [0, 0.05) is 19.4 Å². The van der Waals surface area contributed by atoms with Crippen LogP contribution < -0.4 is 5.32 Å². The van der Waals surface area contributed by atoms with Gasteiger partial charge in [0.15, 0.2) is 0 Å². The second kappa shape index (κ2) is 10.6. The third kappa shape index (κ3) is 7.54. The molecule has 2 amide bonds. The van der Waals surface area contributed by atoms with Crippen LogP contribution in [-0.4, -0.2) is 58.9 Å². The number of carbonyl (C=O) groups excluding carboxylic acids is 2. The second-order valence-corrected chi connectivity index (χ2v) is 7.34. The van der Waals surface area contributed by atoms with E-state index >= 15 is 0 Å². The van der Waals surface area contributed by atoms with Gasteiger partial charge < -0.3 is 20.1 Å². The topological polar surface area (TPSA) is 95.9 Å². The Kier molecular flexibility index (Phi) is 8.88. The summed E-state index contributed by atoms with van der Waals surface area (Å²) in [7, 11) is 0. The summed E-state index contributed by atoms with van der Waals surface area (Å²) >= 11 is 0. The molecule has 2 atom stereocenters. The molecule has 0 saturated heterocycles. The van der Waals surface area contributed by atoms with Gasteiger partial charge in [-0.2, -0.15) is 0 Å². The lowest BCUT2D eigenvalue weighted by Gasteiger charge is -2.32. The Morgan fingerprint density at radius 1 is 1.21 bits per heavy atom. The Morgan fingerprint density at radius 3 is 2.29 bits per heavy atom. The van der Waals surface area contributed by atoms with E-state index in [0.717, 1.165) is 10.5 Å². The highest BCUT2D eigenvalue weighted by Gasteiger charge is 2.34. The number of carbonyl (C=O) groups is 3. The maximum absolute atomic E-state index is 13.0. The Morgan fingerprint density at radius 2 is 1.82 bits per heavy atom. The van der Waals surface area contributed by atoms with Crippen molar-refractivity contribution in [2.45, 2.75) is 58.2 Å². The van der Waals surface area contributed by atoms with Gasteiger partial charge in [-0.3, -0.25) is 9.18 Å². The molecule has 7 nitrogen and oxygen atoms in total. The first-order valence-corrected chi connectivity index (χ1v) is 9.21. The molecule has 0 aromatic heterocycles. The molecule has 2 N–H and O–H groups in total. The van der Waals surface area contributed by atoms with Gasteiger partial charge in [0.25, 0.3) is 0 Å². The molecular formula is C20H29FN2O5. The van der Waals surface area contributed by atoms with Gasteiger partial charge in [-0.1, -0.05) is 30.3 Å². The summed E-state index contributed by atoms with van der Waals surface area (Å²) < 4.78 is 18.1. The fraction of sp³-hybridized carbons (Fsp3) is 0.550. The van der Waals surface area contributed by atoms with E-state index in [1.807, 2.05) is 6.07 Å². The van der Waals surface area contributed by atoms with Gasteiger partial charge in [-0.05, 0) is 33.3 Å². The fourth-order valence-electron chi connectivity index (χ4n) is 2.71. The summed E-state index contributed by atoms with van der Waals surface area (Å²) in [6, 6.07) is 6.56. The molecule has 0 aliphatic rings. The number of nitrogens with one attached hydrogen (secondary N) is 1. The van der Waals surface area contributed by atoms with Crippen LogP contribution in [-0.2, 0) is 20.7 Å². The van der Waals surface area contributed by atoms with Crippen molar-refractivity contribution in [3.05, 3.63) is 35.9 Å². The van der Waals surface area contributed by atoms with Crippen LogP contribution in [0.2, 0.25) is 0 Å². The molecule has 0 spiro atoms. The molecule has 0 bridgehead atoms. The van der Waals surface area contributed by atoms with Crippen LogP contribution in [0.25, 0.3) is 0 Å². The summed E-state index contributed by atoms with van der Waals surface area (Å²) in [4.78, 5) is 37.9. The number of likely N-dealkylation sites (N-methyl/N-ethyl adjacent to an activating group) is 1. The molecule has 0 fully saturated rings. The van der Waals surface area contributed by atoms with Gasteiger partial charge in [0.2, 0.25) is 5.91 Å². The average Bonchev–Trinajstić information content (AvgIpc) is 2.60. The number of halogens is 1. The number of nitrogens with zero attached hydrogens (tertiary/aromatic N) is 1. The Bertz CT molecular complexity index is 660. The second-order valence-electron chi connectivity index (χ2n) is 7.34. The van der Waals surface area contributed by atoms with Crippen molar-refractivity contribution in [1.82, 2.24) is 10.2 Å². The van der Waals surface area contributed by atoms with Gasteiger partial charge in [-0.15, -0.1) is 0 Å². The number of hydrogen-bond donors (Lipinski definition) is 2. The number of hydrogen-bond acceptors (Lipinski definition) is 4. The quantitative estimate of drug-likeness (QED) is 0.669. The van der Waals surface area contributed by atoms with Crippen molar-refractivity contribution in [2.24, 2.45) is 0 Å². The lowest BCUT2D eigenvalue weighted by Crippen LogP contribution is -2.55. The normalized spacial score (nSPS) is 13.3. The Balaban J connectivity index is 3.00. The summed E-state index contributed by atoms with van der Waals surface area (Å²) in [5, 5.41) is 12.0. The minimum absolute atomic E-state index is 0.0986. The highest BCUT2D eigenvalue weighted by molar-refractivity contribution is 5.89. The molecule has 28 heavy (non-hydrogen) atoms. The summed E-state index contributed by atoms with van der Waals surface area (Å²) in [5.41, 5.74) is -0.0299. The zero-order valence-corrected chi connectivity index (χ0v) is 16.8. The maximum atomic E-state index is 13.0. The molecule has 0 radical (unpaired) electrons. The van der Waals surface area contributed by atoms with Gasteiger partial charge >= 0.3 is 12.1 Å². The van der Waals surface area contributed by atoms with Gasteiger partial charge in [0.1, 0.15) is 17.7 Å². The van der Waals surface area contributed by atoms with Crippen molar-refractivity contribution < 1.29 is 28.6 Å². The number of alkyl carbamates (subject to hydrolysis) is 1. The lowest BCUT2D eigenvalue weighted by molar-refractivity contribution is -0.151. The molecule has 1 aromatic carbocycles. The van der Waals surface area contributed by atoms with E-state index in [9.17, 15) is 23.9 Å². The van der Waals surface area contributed by atoms with Crippen molar-refractivity contribution >= 4 is 18.0 Å². The molecule has 0 saturated carbocycles. The zero-order chi connectivity index (χ0) is 21.3. The predicted molar refractivity (Wildman–Crippen MR) is 103 cm³/mol. The standard InChI is InChI=1S/C20H29FN2O5/c1-5-23(16(18(25)26)13-14-9-7-6-8-10-14)17(24)15(11-12-21)22-19(27)28-20(2,3)4/h6-10,15-16H,5,11-13H2,1-4H3,(H,22,27)(H,25,26)/t15-,16-/m0/s1. The van der Waals surface area contributed by atoms with E-state index in [4.69, 9.17) is 4.74 Å². The fourth-order valence-corrected chi connectivity index (χ4v) is 2.71. The van der Waals surface area contributed by atoms with Crippen molar-refractivity contribution in [3.8, 4) is 0 Å². The van der Waals surface area contributed by atoms with Gasteiger partial charge in [0.05, 0.1) is 6.67 Å². The van der Waals surface area contributed by atoms with Gasteiger partial charge in [-0.25, -0.2) is 9.59 Å². The van der Waals surface area contributed by atoms with Crippen LogP contribution >= 0.6 is 0 Å². The largest absolute Gasteiger partial charge is 0.480 e. The number of amides is 2. The van der Waals surface area contributed by atoms with E-state index in [1.54, 1.807) is 52.0 Å². The number of alkyl halides is 1. The van der Waals surface area contributed by atoms with Crippen LogP contribution in [0.4, 0.5) is 9.18 Å². The minimum Gasteiger partial charge on any atom is -0.480 e. The highest BCUT2D eigenvalue weighted by atomic mass is 19.1. The number of benzene rings is 1. The first-order valence-electron chi connectivity index (χ1n) is 9.21. The molecular weight excluding hydrogens is 367 g/mol. The first kappa shape index (κ1) is 23.4. The predicted octanol–water partition coefficient (Wildman–Crippen LogP) is 2.78. The Labute approximate surface area is 164 Å². The van der Waals surface area contributed by atoms with E-state index in [0.29, 0.717) is 0 Å². The molecule has 1 rings (SSSR count). The minimum atomic E-state index is -1.21. The number of aliphatic carboxylic acids is 1. The maximum Gasteiger partial charge on any atom is 0.408 e. The monoisotopic (exact) mass is 396 g/mol. The summed E-state index contributed by atoms with van der Waals surface area (Å²) in [5.74, 6) is -1.83. The Hall–Kier alpha value is -2.64. The molecule has 1 aromatic rings. The molecule has 0 heterocycles. The SMILES string of the molecule is CCN(C(=O)[C@H](CCF)NC(=O)OC(C)(C)C)[C@@H](Cc1ccccc1)C(=O)O. The van der Waals surface area contributed by atoms with E-state index in [-0.39, 0.29) is 19.4 Å². The number of carboxylic acids is 1. The molecule has 0 aliphatic carbocycles. The van der Waals surface area contributed by atoms with Crippen LogP contribution in [0.1, 0.15) is 39.7 Å². The van der Waals surface area contributed by atoms with E-state index in [1.165, 1.54) is 0 Å². The third-order valence-electron chi connectivity index (χ3n) is 3.94. The van der Waals surface area contributed by atoms with E-state index < -0.39 is 42.3 Å². The van der Waals surface area contributed by atoms with Crippen LogP contribution in [0.5, 0.6) is 0 Å². The lowest BCUT2D eigenvalue weighted by atomic mass is 10.0. The number of carboxylic acid groups (broad SMARTS) is 1. The van der Waals surface area contributed by atoms with Crippen LogP contribution in [0, 0.1) is 0 Å². The first-order chi connectivity index (χ1) is 13.1. The van der Waals surface area contributed by atoms with Crippen LogP contribution in [0.15, 0.2) is 30.3 Å². The van der Waals surface area contributed by atoms with E-state index in [2.05, 4.69) is 5.32 Å². The average molecular weight is 396 g/mol. The molecule has 0 aliphatic heterocycles. The van der Waals surface area contributed by atoms with Crippen molar-refractivity contribution in [3.63, 3.8) is 0 Å². The third-order valence-corrected chi connectivity index (χ3v) is 3.94. The zero-order valence-electron chi connectivity index (χ0n) is 16.8. The van der Waals surface area contributed by atoms with Crippen molar-refractivity contribution in [2.75, 3.05) is 13.2 Å². The van der Waals surface area contributed by atoms with Crippen LogP contribution in [0.3, 0.4) is 0 Å². The number of rotatable bonds is 9. The highest BCUT2D eigenvalue weighted by Crippen LogP contribution is 2.14. The summed E-state index contributed by atoms with van der Waals surface area (Å²) in [6.45, 7) is 5.88. The molecule has 8 heteroatoms. The number of ether oxygens (including phenoxy) is 1.